The van der Waals surface area contributed by atoms with E-state index in [1.54, 1.807) is 0 Å². The van der Waals surface area contributed by atoms with Crippen molar-refractivity contribution in [3.05, 3.63) is 35.4 Å². The molecular weight excluding hydrogens is 160 g/mol. The molecule has 13 heavy (non-hydrogen) atoms. The van der Waals surface area contributed by atoms with E-state index >= 15 is 0 Å². The van der Waals surface area contributed by atoms with Gasteiger partial charge in [-0.1, -0.05) is 24.3 Å². The van der Waals surface area contributed by atoms with Crippen molar-refractivity contribution in [2.75, 3.05) is 19.6 Å². The van der Waals surface area contributed by atoms with Crippen LogP contribution in [0.3, 0.4) is 0 Å². The molecule has 1 aliphatic rings. The highest BCUT2D eigenvalue weighted by Crippen LogP contribution is 2.18. The van der Waals surface area contributed by atoms with Gasteiger partial charge in [-0.3, -0.25) is 0 Å². The summed E-state index contributed by atoms with van der Waals surface area (Å²) in [4.78, 5) is 0. The van der Waals surface area contributed by atoms with E-state index in [1.807, 2.05) is 0 Å². The molecule has 1 aliphatic heterocycles. The molecule has 0 saturated carbocycles. The first-order valence-electron chi connectivity index (χ1n) is 4.81. The Morgan fingerprint density at radius 1 is 1.38 bits per heavy atom. The third-order valence-corrected chi connectivity index (χ3v) is 2.52. The second-order valence-electron chi connectivity index (χ2n) is 3.48. The van der Waals surface area contributed by atoms with Crippen LogP contribution in [0, 0.1) is 6.92 Å². The van der Waals surface area contributed by atoms with Gasteiger partial charge in [0.2, 0.25) is 0 Å². The van der Waals surface area contributed by atoms with Crippen molar-refractivity contribution in [3.63, 3.8) is 0 Å². The first kappa shape index (κ1) is 8.73. The lowest BCUT2D eigenvalue weighted by atomic mass is 10.0. The highest BCUT2D eigenvalue weighted by Gasteiger charge is 2.16. The number of nitrogens with one attached hydrogen (secondary N) is 1. The molecule has 1 heterocycles. The van der Waals surface area contributed by atoms with E-state index in [4.69, 9.17) is 0 Å². The van der Waals surface area contributed by atoms with Crippen LogP contribution in [0.15, 0.2) is 24.3 Å². The number of rotatable bonds is 1. The highest BCUT2D eigenvalue weighted by atomic mass is 15.1. The second-order valence-corrected chi connectivity index (χ2v) is 3.48. The fraction of sp³-hybridized carbons (Fsp3) is 0.455. The topological polar surface area (TPSA) is 26.1 Å². The smallest absolute Gasteiger partial charge is 0.0623 e. The predicted octanol–water partition coefficient (Wildman–Crippen LogP) is 1.24. The summed E-state index contributed by atoms with van der Waals surface area (Å²) in [5.41, 5.74) is 2.72. The molecule has 0 aliphatic carbocycles. The van der Waals surface area contributed by atoms with Gasteiger partial charge >= 0.3 is 0 Å². The van der Waals surface area contributed by atoms with Crippen LogP contribution in [0.2, 0.25) is 0 Å². The van der Waals surface area contributed by atoms with Gasteiger partial charge in [-0.2, -0.15) is 0 Å². The Kier molecular flexibility index (Phi) is 2.62. The summed E-state index contributed by atoms with van der Waals surface area (Å²) in [5.74, 6) is 0. The van der Waals surface area contributed by atoms with E-state index in [9.17, 15) is 0 Å². The first-order valence-corrected chi connectivity index (χ1v) is 4.81. The molecule has 1 radical (unpaired) electrons. The lowest BCUT2D eigenvalue weighted by Crippen LogP contribution is -2.38. The average molecular weight is 175 g/mol. The van der Waals surface area contributed by atoms with E-state index < -0.39 is 0 Å². The van der Waals surface area contributed by atoms with E-state index in [0.29, 0.717) is 6.04 Å². The van der Waals surface area contributed by atoms with Crippen LogP contribution in [0.25, 0.3) is 0 Å². The Balaban J connectivity index is 2.18. The number of aryl methyl sites for hydroxylation is 1. The van der Waals surface area contributed by atoms with Gasteiger partial charge in [0, 0.05) is 19.6 Å². The van der Waals surface area contributed by atoms with E-state index in [-0.39, 0.29) is 0 Å². The van der Waals surface area contributed by atoms with Crippen LogP contribution in [0.1, 0.15) is 17.2 Å². The Hall–Kier alpha value is -0.860. The zero-order valence-corrected chi connectivity index (χ0v) is 7.96. The van der Waals surface area contributed by atoms with Gasteiger partial charge in [0.1, 0.15) is 0 Å². The van der Waals surface area contributed by atoms with Crippen LogP contribution >= 0.6 is 0 Å². The van der Waals surface area contributed by atoms with Gasteiger partial charge in [0.05, 0.1) is 6.04 Å². The number of hydrogen-bond acceptors (Lipinski definition) is 1. The summed E-state index contributed by atoms with van der Waals surface area (Å²) in [7, 11) is 0. The van der Waals surface area contributed by atoms with Gasteiger partial charge in [-0.25, -0.2) is 5.32 Å². The second kappa shape index (κ2) is 3.90. The van der Waals surface area contributed by atoms with Gasteiger partial charge in [0.25, 0.3) is 0 Å². The number of hydrogen-bond donors (Lipinski definition) is 1. The van der Waals surface area contributed by atoms with Crippen LogP contribution in [0.4, 0.5) is 0 Å². The van der Waals surface area contributed by atoms with Crippen molar-refractivity contribution in [2.24, 2.45) is 0 Å². The fourth-order valence-corrected chi connectivity index (χ4v) is 1.77. The number of nitrogens with zero attached hydrogens (tertiary/aromatic N) is 1. The van der Waals surface area contributed by atoms with Gasteiger partial charge in [0.15, 0.2) is 0 Å². The molecular formula is C11H15N2. The summed E-state index contributed by atoms with van der Waals surface area (Å²) in [6.07, 6.45) is 0. The van der Waals surface area contributed by atoms with E-state index in [2.05, 4.69) is 41.8 Å². The Morgan fingerprint density at radius 3 is 2.92 bits per heavy atom. The molecule has 0 spiro atoms. The van der Waals surface area contributed by atoms with Gasteiger partial charge in [-0.05, 0) is 18.1 Å². The predicted molar refractivity (Wildman–Crippen MR) is 53.8 cm³/mol. The molecule has 1 fully saturated rings. The van der Waals surface area contributed by atoms with Crippen molar-refractivity contribution < 1.29 is 0 Å². The Bertz CT molecular complexity index is 277. The van der Waals surface area contributed by atoms with Crippen LogP contribution < -0.4 is 10.6 Å². The molecule has 1 saturated heterocycles. The van der Waals surface area contributed by atoms with Crippen molar-refractivity contribution in [1.82, 2.24) is 10.6 Å². The summed E-state index contributed by atoms with van der Waals surface area (Å²) < 4.78 is 0. The molecule has 0 amide bonds. The molecule has 0 bridgehead atoms. The van der Waals surface area contributed by atoms with Crippen LogP contribution in [0.5, 0.6) is 0 Å². The largest absolute Gasteiger partial charge is 0.313 e. The molecule has 2 heteroatoms. The van der Waals surface area contributed by atoms with Crippen molar-refractivity contribution >= 4 is 0 Å². The summed E-state index contributed by atoms with van der Waals surface area (Å²) in [5, 5.41) is 7.96. The zero-order chi connectivity index (χ0) is 9.10. The molecule has 1 unspecified atom stereocenters. The molecule has 2 rings (SSSR count). The molecule has 1 N–H and O–H groups in total. The highest BCUT2D eigenvalue weighted by molar-refractivity contribution is 5.29. The molecule has 1 aromatic rings. The Labute approximate surface area is 79.4 Å². The molecule has 1 atom stereocenters. The average Bonchev–Trinajstić information content (AvgIpc) is 2.20. The third-order valence-electron chi connectivity index (χ3n) is 2.52. The lowest BCUT2D eigenvalue weighted by molar-refractivity contribution is 0.420. The summed E-state index contributed by atoms with van der Waals surface area (Å²) in [6.45, 7) is 5.12. The quantitative estimate of drug-likeness (QED) is 0.683. The van der Waals surface area contributed by atoms with E-state index in [0.717, 1.165) is 19.6 Å². The molecule has 69 valence electrons. The lowest BCUT2D eigenvalue weighted by Gasteiger charge is -2.24. The summed E-state index contributed by atoms with van der Waals surface area (Å²) >= 11 is 0. The first-order chi connectivity index (χ1) is 6.38. The number of benzene rings is 1. The third kappa shape index (κ3) is 1.90. The van der Waals surface area contributed by atoms with Gasteiger partial charge in [-0.15, -0.1) is 0 Å². The van der Waals surface area contributed by atoms with Crippen molar-refractivity contribution in [1.29, 1.82) is 0 Å². The SMILES string of the molecule is Cc1ccccc1C1CNCC[N]1. The minimum atomic E-state index is 0.370. The molecule has 0 aromatic heterocycles. The van der Waals surface area contributed by atoms with Crippen molar-refractivity contribution in [2.45, 2.75) is 13.0 Å². The fourth-order valence-electron chi connectivity index (χ4n) is 1.77. The maximum atomic E-state index is 4.60. The zero-order valence-electron chi connectivity index (χ0n) is 7.96. The standard InChI is InChI=1S/C11H15N2/c1-9-4-2-3-5-10(9)11-8-12-6-7-13-11/h2-5,11-12H,6-8H2,1H3. The Morgan fingerprint density at radius 2 is 2.23 bits per heavy atom. The molecule has 1 aromatic carbocycles. The minimum Gasteiger partial charge on any atom is -0.313 e. The normalized spacial score (nSPS) is 23.0. The monoisotopic (exact) mass is 175 g/mol. The maximum Gasteiger partial charge on any atom is 0.0623 e. The van der Waals surface area contributed by atoms with Crippen molar-refractivity contribution in [3.8, 4) is 0 Å². The molecule has 2 nitrogen and oxygen atoms in total. The van der Waals surface area contributed by atoms with Gasteiger partial charge < -0.3 is 5.32 Å². The minimum absolute atomic E-state index is 0.370. The van der Waals surface area contributed by atoms with Crippen LogP contribution in [-0.2, 0) is 0 Å². The maximum absolute atomic E-state index is 4.60. The number of piperazine rings is 1. The van der Waals surface area contributed by atoms with E-state index in [1.165, 1.54) is 11.1 Å². The summed E-state index contributed by atoms with van der Waals surface area (Å²) in [6, 6.07) is 8.87. The van der Waals surface area contributed by atoms with Crippen LogP contribution in [-0.4, -0.2) is 19.6 Å².